The number of aliphatic hydroxyl groups excluding tert-OH is 1. The van der Waals surface area contributed by atoms with Gasteiger partial charge in [0.25, 0.3) is 0 Å². The van der Waals surface area contributed by atoms with Crippen LogP contribution in [-0.4, -0.2) is 24.8 Å². The van der Waals surface area contributed by atoms with E-state index < -0.39 is 0 Å². The zero-order chi connectivity index (χ0) is 22.7. The van der Waals surface area contributed by atoms with Crippen LogP contribution in [0.4, 0.5) is 0 Å². The van der Waals surface area contributed by atoms with Crippen molar-refractivity contribution in [1.29, 1.82) is 0 Å². The lowest BCUT2D eigenvalue weighted by molar-refractivity contribution is 0.217. The van der Waals surface area contributed by atoms with Crippen molar-refractivity contribution in [2.75, 3.05) is 19.7 Å². The fourth-order valence-electron chi connectivity index (χ4n) is 4.92. The molecule has 1 saturated carbocycles. The average Bonchev–Trinajstić information content (AvgIpc) is 2.89. The number of aliphatic hydroxyl groups is 1. The summed E-state index contributed by atoms with van der Waals surface area (Å²) in [5, 5.41) is 13.4. The summed E-state index contributed by atoms with van der Waals surface area (Å²) >= 11 is 0. The van der Waals surface area contributed by atoms with Gasteiger partial charge in [0.05, 0.1) is 0 Å². The van der Waals surface area contributed by atoms with Crippen molar-refractivity contribution < 1.29 is 9.84 Å². The van der Waals surface area contributed by atoms with Gasteiger partial charge in [0.2, 0.25) is 0 Å². The molecule has 1 fully saturated rings. The van der Waals surface area contributed by atoms with Gasteiger partial charge in [-0.1, -0.05) is 72.8 Å². The molecule has 33 heavy (non-hydrogen) atoms. The van der Waals surface area contributed by atoms with Gasteiger partial charge >= 0.3 is 0 Å². The minimum absolute atomic E-state index is 0.236. The van der Waals surface area contributed by atoms with E-state index in [1.807, 2.05) is 24.3 Å². The first-order valence-corrected chi connectivity index (χ1v) is 12.4. The zero-order valence-electron chi connectivity index (χ0n) is 19.5. The minimum atomic E-state index is 0.236. The Balaban J connectivity index is 1.16. The van der Waals surface area contributed by atoms with Gasteiger partial charge in [-0.3, -0.25) is 0 Å². The highest BCUT2D eigenvalue weighted by molar-refractivity contribution is 5.30. The van der Waals surface area contributed by atoms with Gasteiger partial charge in [-0.2, -0.15) is 0 Å². The van der Waals surface area contributed by atoms with E-state index in [1.54, 1.807) is 0 Å². The Labute approximate surface area is 198 Å². The van der Waals surface area contributed by atoms with E-state index in [1.165, 1.54) is 42.4 Å². The second-order valence-electron chi connectivity index (χ2n) is 9.46. The van der Waals surface area contributed by atoms with Crippen molar-refractivity contribution >= 4 is 0 Å². The standard InChI is InChI=1S/C30H37NO2/c32-22-27(19-24-7-3-1-4-8-24)21-31-20-25-11-13-28(14-12-25)29-15-17-30(18-16-29)33-23-26-9-5-2-6-10-26/h1-10,15-18,25,27-28,31-32H,11-14,19-23H2. The van der Waals surface area contributed by atoms with Crippen LogP contribution in [0.3, 0.4) is 0 Å². The molecule has 1 atom stereocenters. The third-order valence-electron chi connectivity index (χ3n) is 6.94. The van der Waals surface area contributed by atoms with Gasteiger partial charge in [0.15, 0.2) is 0 Å². The van der Waals surface area contributed by atoms with E-state index >= 15 is 0 Å². The molecule has 0 bridgehead atoms. The number of nitrogens with one attached hydrogen (secondary N) is 1. The SMILES string of the molecule is OCC(CNCC1CCC(c2ccc(OCc3ccccc3)cc2)CC1)Cc1ccccc1. The summed E-state index contributed by atoms with van der Waals surface area (Å²) in [4.78, 5) is 0. The van der Waals surface area contributed by atoms with Gasteiger partial charge in [0, 0.05) is 13.2 Å². The molecule has 0 aliphatic heterocycles. The number of ether oxygens (including phenoxy) is 1. The molecule has 0 aromatic heterocycles. The Morgan fingerprint density at radius 1 is 0.788 bits per heavy atom. The predicted octanol–water partition coefficient (Wildman–Crippen LogP) is 5.98. The summed E-state index contributed by atoms with van der Waals surface area (Å²) in [6, 6.07) is 29.5. The van der Waals surface area contributed by atoms with Crippen LogP contribution < -0.4 is 10.1 Å². The van der Waals surface area contributed by atoms with Crippen LogP contribution in [0.15, 0.2) is 84.9 Å². The molecule has 0 amide bonds. The monoisotopic (exact) mass is 443 g/mol. The number of benzene rings is 3. The van der Waals surface area contributed by atoms with E-state index in [2.05, 4.69) is 66.0 Å². The van der Waals surface area contributed by atoms with E-state index in [9.17, 15) is 5.11 Å². The van der Waals surface area contributed by atoms with Gasteiger partial charge in [-0.25, -0.2) is 0 Å². The molecule has 0 heterocycles. The van der Waals surface area contributed by atoms with Crippen molar-refractivity contribution in [2.45, 2.75) is 44.6 Å². The Morgan fingerprint density at radius 2 is 1.42 bits per heavy atom. The number of rotatable bonds is 11. The maximum Gasteiger partial charge on any atom is 0.119 e. The third-order valence-corrected chi connectivity index (χ3v) is 6.94. The van der Waals surface area contributed by atoms with Crippen LogP contribution >= 0.6 is 0 Å². The second-order valence-corrected chi connectivity index (χ2v) is 9.46. The van der Waals surface area contributed by atoms with Gasteiger partial charge in [-0.05, 0) is 85.2 Å². The summed E-state index contributed by atoms with van der Waals surface area (Å²) in [7, 11) is 0. The molecule has 4 rings (SSSR count). The molecule has 0 radical (unpaired) electrons. The first-order valence-electron chi connectivity index (χ1n) is 12.4. The van der Waals surface area contributed by atoms with E-state index in [0.717, 1.165) is 31.2 Å². The quantitative estimate of drug-likeness (QED) is 0.383. The van der Waals surface area contributed by atoms with Crippen LogP contribution in [0, 0.1) is 11.8 Å². The van der Waals surface area contributed by atoms with E-state index in [4.69, 9.17) is 4.74 Å². The highest BCUT2D eigenvalue weighted by Crippen LogP contribution is 2.36. The molecule has 3 aromatic rings. The molecule has 0 spiro atoms. The van der Waals surface area contributed by atoms with Crippen molar-refractivity contribution in [3.05, 3.63) is 102 Å². The summed E-state index contributed by atoms with van der Waals surface area (Å²) in [5.41, 5.74) is 3.94. The van der Waals surface area contributed by atoms with Crippen molar-refractivity contribution in [2.24, 2.45) is 11.8 Å². The number of hydrogen-bond acceptors (Lipinski definition) is 3. The molecule has 0 saturated heterocycles. The Morgan fingerprint density at radius 3 is 2.06 bits per heavy atom. The highest BCUT2D eigenvalue weighted by Gasteiger charge is 2.22. The van der Waals surface area contributed by atoms with Crippen molar-refractivity contribution in [3.63, 3.8) is 0 Å². The lowest BCUT2D eigenvalue weighted by Crippen LogP contribution is -2.32. The molecule has 1 aliphatic carbocycles. The van der Waals surface area contributed by atoms with Gasteiger partial charge in [0.1, 0.15) is 12.4 Å². The van der Waals surface area contributed by atoms with Crippen molar-refractivity contribution in [1.82, 2.24) is 5.32 Å². The predicted molar refractivity (Wildman–Crippen MR) is 136 cm³/mol. The lowest BCUT2D eigenvalue weighted by atomic mass is 9.78. The lowest BCUT2D eigenvalue weighted by Gasteiger charge is -2.29. The molecule has 1 aliphatic rings. The van der Waals surface area contributed by atoms with Crippen LogP contribution in [0.1, 0.15) is 48.3 Å². The Hall–Kier alpha value is -2.62. The molecular weight excluding hydrogens is 406 g/mol. The second kappa shape index (κ2) is 12.6. The zero-order valence-corrected chi connectivity index (χ0v) is 19.5. The van der Waals surface area contributed by atoms with E-state index in [-0.39, 0.29) is 12.5 Å². The molecule has 174 valence electrons. The smallest absolute Gasteiger partial charge is 0.119 e. The minimum Gasteiger partial charge on any atom is -0.489 e. The average molecular weight is 444 g/mol. The fraction of sp³-hybridized carbons (Fsp3) is 0.400. The largest absolute Gasteiger partial charge is 0.489 e. The third kappa shape index (κ3) is 7.45. The maximum absolute atomic E-state index is 9.75. The maximum atomic E-state index is 9.75. The molecule has 3 heteroatoms. The van der Waals surface area contributed by atoms with Crippen LogP contribution in [-0.2, 0) is 13.0 Å². The van der Waals surface area contributed by atoms with Gasteiger partial charge in [-0.15, -0.1) is 0 Å². The Kier molecular flexibility index (Phi) is 8.97. The summed E-state index contributed by atoms with van der Waals surface area (Å²) < 4.78 is 5.94. The molecular formula is C30H37NO2. The van der Waals surface area contributed by atoms with Crippen molar-refractivity contribution in [3.8, 4) is 5.75 Å². The fourth-order valence-corrected chi connectivity index (χ4v) is 4.92. The highest BCUT2D eigenvalue weighted by atomic mass is 16.5. The van der Waals surface area contributed by atoms with Crippen LogP contribution in [0.25, 0.3) is 0 Å². The van der Waals surface area contributed by atoms with Crippen LogP contribution in [0.2, 0.25) is 0 Å². The first-order chi connectivity index (χ1) is 16.3. The van der Waals surface area contributed by atoms with E-state index in [0.29, 0.717) is 12.5 Å². The molecule has 3 aromatic carbocycles. The summed E-state index contributed by atoms with van der Waals surface area (Å²) in [5.74, 6) is 2.62. The summed E-state index contributed by atoms with van der Waals surface area (Å²) in [6.07, 6.45) is 5.98. The van der Waals surface area contributed by atoms with Crippen LogP contribution in [0.5, 0.6) is 5.75 Å². The summed E-state index contributed by atoms with van der Waals surface area (Å²) in [6.45, 7) is 2.79. The Bertz CT molecular complexity index is 919. The normalized spacial score (nSPS) is 19.2. The first kappa shape index (κ1) is 23.5. The topological polar surface area (TPSA) is 41.5 Å². The molecule has 1 unspecified atom stereocenters. The molecule has 3 nitrogen and oxygen atoms in total. The molecule has 2 N–H and O–H groups in total. The van der Waals surface area contributed by atoms with Gasteiger partial charge < -0.3 is 15.2 Å². The number of hydrogen-bond donors (Lipinski definition) is 2.